The highest BCUT2D eigenvalue weighted by molar-refractivity contribution is 5.53. The summed E-state index contributed by atoms with van der Waals surface area (Å²) < 4.78 is 11.5. The number of para-hydroxylation sites is 2. The average Bonchev–Trinajstić information content (AvgIpc) is 2.50. The highest BCUT2D eigenvalue weighted by atomic mass is 16.5. The van der Waals surface area contributed by atoms with Gasteiger partial charge in [-0.05, 0) is 24.3 Å². The second-order valence-corrected chi connectivity index (χ2v) is 4.29. The van der Waals surface area contributed by atoms with Gasteiger partial charge < -0.3 is 9.47 Å². The fraction of sp³-hybridized carbons (Fsp3) is 0.176. The lowest BCUT2D eigenvalue weighted by Gasteiger charge is -2.09. The van der Waals surface area contributed by atoms with E-state index in [1.165, 1.54) is 0 Å². The van der Waals surface area contributed by atoms with Gasteiger partial charge in [0.15, 0.2) is 0 Å². The second-order valence-electron chi connectivity index (χ2n) is 4.29. The Balaban J connectivity index is 2.05. The largest absolute Gasteiger partial charge is 0.492 e. The van der Waals surface area contributed by atoms with Gasteiger partial charge >= 0.3 is 0 Å². The molecule has 0 saturated carbocycles. The molecular weight excluding hydrogens is 236 g/mol. The predicted molar refractivity (Wildman–Crippen MR) is 74.5 cm³/mol. The number of hydrogen-bond acceptors (Lipinski definition) is 2. The Kier molecular flexibility index (Phi) is 3.38. The molecule has 0 N–H and O–H groups in total. The molecular formula is C17H14O2. The summed E-state index contributed by atoms with van der Waals surface area (Å²) in [5, 5.41) is 0. The summed E-state index contributed by atoms with van der Waals surface area (Å²) in [6, 6.07) is 15.7. The van der Waals surface area contributed by atoms with Crippen LogP contribution in [0, 0.1) is 11.8 Å². The molecule has 2 nitrogen and oxygen atoms in total. The van der Waals surface area contributed by atoms with Crippen LogP contribution in [0.2, 0.25) is 0 Å². The Labute approximate surface area is 113 Å². The van der Waals surface area contributed by atoms with Gasteiger partial charge in [-0.1, -0.05) is 36.1 Å². The third-order valence-electron chi connectivity index (χ3n) is 2.91. The maximum Gasteiger partial charge on any atom is 0.134 e. The molecule has 0 bridgehead atoms. The van der Waals surface area contributed by atoms with Gasteiger partial charge in [-0.25, -0.2) is 0 Å². The van der Waals surface area contributed by atoms with Crippen molar-refractivity contribution >= 4 is 0 Å². The van der Waals surface area contributed by atoms with E-state index in [0.29, 0.717) is 13.2 Å². The predicted octanol–water partition coefficient (Wildman–Crippen LogP) is 3.25. The van der Waals surface area contributed by atoms with Crippen LogP contribution in [-0.2, 0) is 0 Å². The number of benzene rings is 2. The van der Waals surface area contributed by atoms with Crippen LogP contribution in [0.1, 0.15) is 17.5 Å². The SMILES string of the molecule is C1#Cc2ccccc2OCCCOc2ccccc21. The smallest absolute Gasteiger partial charge is 0.134 e. The van der Waals surface area contributed by atoms with Crippen LogP contribution in [-0.4, -0.2) is 13.2 Å². The van der Waals surface area contributed by atoms with Gasteiger partial charge in [-0.3, -0.25) is 0 Å². The van der Waals surface area contributed by atoms with Crippen LogP contribution < -0.4 is 9.47 Å². The van der Waals surface area contributed by atoms with Crippen molar-refractivity contribution in [3.8, 4) is 23.3 Å². The minimum absolute atomic E-state index is 0.640. The Morgan fingerprint density at radius 1 is 0.684 bits per heavy atom. The third-order valence-corrected chi connectivity index (χ3v) is 2.91. The Morgan fingerprint density at radius 3 is 1.68 bits per heavy atom. The summed E-state index contributed by atoms with van der Waals surface area (Å²) in [5.41, 5.74) is 1.83. The first-order valence-corrected chi connectivity index (χ1v) is 6.39. The van der Waals surface area contributed by atoms with Crippen molar-refractivity contribution in [1.82, 2.24) is 0 Å². The van der Waals surface area contributed by atoms with E-state index in [1.807, 2.05) is 48.5 Å². The minimum atomic E-state index is 0.640. The topological polar surface area (TPSA) is 18.5 Å². The quantitative estimate of drug-likeness (QED) is 0.668. The van der Waals surface area contributed by atoms with E-state index in [2.05, 4.69) is 11.8 Å². The number of fused-ring (bicyclic) bond motifs is 2. The van der Waals surface area contributed by atoms with E-state index in [0.717, 1.165) is 29.0 Å². The summed E-state index contributed by atoms with van der Waals surface area (Å²) in [4.78, 5) is 0. The normalized spacial score (nSPS) is 13.5. The van der Waals surface area contributed by atoms with Gasteiger partial charge in [0.05, 0.1) is 24.3 Å². The zero-order chi connectivity index (χ0) is 12.9. The molecule has 94 valence electrons. The monoisotopic (exact) mass is 250 g/mol. The van der Waals surface area contributed by atoms with E-state index >= 15 is 0 Å². The molecule has 0 radical (unpaired) electrons. The molecule has 0 atom stereocenters. The first kappa shape index (κ1) is 11.7. The van der Waals surface area contributed by atoms with Crippen LogP contribution in [0.15, 0.2) is 48.5 Å². The van der Waals surface area contributed by atoms with Crippen LogP contribution in [0.4, 0.5) is 0 Å². The van der Waals surface area contributed by atoms with E-state index in [-0.39, 0.29) is 0 Å². The van der Waals surface area contributed by atoms with E-state index in [4.69, 9.17) is 9.47 Å². The second kappa shape index (κ2) is 5.49. The zero-order valence-corrected chi connectivity index (χ0v) is 10.6. The molecule has 0 saturated heterocycles. The van der Waals surface area contributed by atoms with E-state index < -0.39 is 0 Å². The van der Waals surface area contributed by atoms with Crippen LogP contribution >= 0.6 is 0 Å². The van der Waals surface area contributed by atoms with Crippen molar-refractivity contribution in [3.05, 3.63) is 59.7 Å². The standard InChI is InChI=1S/C17H14O2/c1-3-8-16-14(6-1)10-11-15-7-2-4-9-17(15)19-13-5-12-18-16/h1-4,6-9H,5,12-13H2. The molecule has 0 unspecified atom stereocenters. The summed E-state index contributed by atoms with van der Waals surface area (Å²) in [6.07, 6.45) is 0.850. The fourth-order valence-electron chi connectivity index (χ4n) is 1.95. The van der Waals surface area contributed by atoms with Crippen LogP contribution in [0.25, 0.3) is 0 Å². The zero-order valence-electron chi connectivity index (χ0n) is 10.6. The van der Waals surface area contributed by atoms with E-state index in [9.17, 15) is 0 Å². The molecule has 0 fully saturated rings. The molecule has 0 aliphatic carbocycles. The number of rotatable bonds is 0. The first-order valence-electron chi connectivity index (χ1n) is 6.39. The summed E-state index contributed by atoms with van der Waals surface area (Å²) in [5.74, 6) is 8.01. The molecule has 0 aromatic heterocycles. The molecule has 3 rings (SSSR count). The van der Waals surface area contributed by atoms with Gasteiger partial charge in [-0.15, -0.1) is 0 Å². The third kappa shape index (κ3) is 2.71. The molecule has 1 heterocycles. The van der Waals surface area contributed by atoms with Crippen molar-refractivity contribution in [1.29, 1.82) is 0 Å². The van der Waals surface area contributed by atoms with Gasteiger partial charge in [0, 0.05) is 6.42 Å². The highest BCUT2D eigenvalue weighted by Gasteiger charge is 2.04. The van der Waals surface area contributed by atoms with Gasteiger partial charge in [-0.2, -0.15) is 0 Å². The lowest BCUT2D eigenvalue weighted by atomic mass is 10.1. The highest BCUT2D eigenvalue weighted by Crippen LogP contribution is 2.20. The molecule has 1 aliphatic heterocycles. The van der Waals surface area contributed by atoms with Crippen molar-refractivity contribution in [2.45, 2.75) is 6.42 Å². The number of ether oxygens (including phenoxy) is 2. The van der Waals surface area contributed by atoms with Crippen molar-refractivity contribution in [2.24, 2.45) is 0 Å². The summed E-state index contributed by atoms with van der Waals surface area (Å²) in [6.45, 7) is 1.28. The van der Waals surface area contributed by atoms with E-state index in [1.54, 1.807) is 0 Å². The lowest BCUT2D eigenvalue weighted by Crippen LogP contribution is -2.05. The van der Waals surface area contributed by atoms with Gasteiger partial charge in [0.25, 0.3) is 0 Å². The molecule has 0 amide bonds. The Morgan fingerprint density at radius 2 is 1.16 bits per heavy atom. The molecule has 2 aromatic carbocycles. The minimum Gasteiger partial charge on any atom is -0.492 e. The Hall–Kier alpha value is -2.40. The fourth-order valence-corrected chi connectivity index (χ4v) is 1.95. The van der Waals surface area contributed by atoms with Crippen LogP contribution in [0.3, 0.4) is 0 Å². The number of hydrogen-bond donors (Lipinski definition) is 0. The molecule has 0 spiro atoms. The lowest BCUT2D eigenvalue weighted by molar-refractivity contribution is 0.247. The molecule has 2 heteroatoms. The first-order chi connectivity index (χ1) is 9.43. The maximum absolute atomic E-state index is 5.74. The average molecular weight is 250 g/mol. The summed E-state index contributed by atoms with van der Waals surface area (Å²) >= 11 is 0. The maximum atomic E-state index is 5.74. The van der Waals surface area contributed by atoms with Crippen molar-refractivity contribution in [2.75, 3.05) is 13.2 Å². The van der Waals surface area contributed by atoms with Crippen LogP contribution in [0.5, 0.6) is 11.5 Å². The van der Waals surface area contributed by atoms with Crippen molar-refractivity contribution in [3.63, 3.8) is 0 Å². The molecule has 1 aliphatic rings. The molecule has 2 aromatic rings. The Bertz CT molecular complexity index is 581. The van der Waals surface area contributed by atoms with Gasteiger partial charge in [0.1, 0.15) is 11.5 Å². The van der Waals surface area contributed by atoms with Crippen molar-refractivity contribution < 1.29 is 9.47 Å². The summed E-state index contributed by atoms with van der Waals surface area (Å²) in [7, 11) is 0. The van der Waals surface area contributed by atoms with Gasteiger partial charge in [0.2, 0.25) is 0 Å². The molecule has 19 heavy (non-hydrogen) atoms.